The van der Waals surface area contributed by atoms with Gasteiger partial charge in [-0.1, -0.05) is 0 Å². The van der Waals surface area contributed by atoms with Crippen LogP contribution in [0.15, 0.2) is 28.2 Å². The fourth-order valence-corrected chi connectivity index (χ4v) is 3.74. The number of aromatic hydroxyl groups is 1. The lowest BCUT2D eigenvalue weighted by Crippen LogP contribution is -2.35. The first kappa shape index (κ1) is 18.5. The van der Waals surface area contributed by atoms with Crippen LogP contribution in [0.3, 0.4) is 0 Å². The summed E-state index contributed by atoms with van der Waals surface area (Å²) < 4.78 is 42.0. The molecule has 0 aromatic heterocycles. The number of amides is 1. The molecule has 1 amide bonds. The summed E-state index contributed by atoms with van der Waals surface area (Å²) in [6.07, 6.45) is -0.858. The Balaban J connectivity index is 2.28. The molecule has 1 aromatic carbocycles. The number of hydrogen-bond acceptors (Lipinski definition) is 8. The van der Waals surface area contributed by atoms with E-state index < -0.39 is 40.7 Å². The molecule has 0 saturated carbocycles. The predicted molar refractivity (Wildman–Crippen MR) is 84.9 cm³/mol. The van der Waals surface area contributed by atoms with Crippen LogP contribution in [0, 0.1) is 0 Å². The third-order valence-corrected chi connectivity index (χ3v) is 4.72. The van der Waals surface area contributed by atoms with E-state index in [4.69, 9.17) is 0 Å². The SMILES string of the molecule is CN(O)C(=O)C1c2c(cc(O)c(N3C=CC=NC3)c2C(F)(F)F)SN1O. The molecule has 12 heteroatoms. The predicted octanol–water partition coefficient (Wildman–Crippen LogP) is 2.37. The molecule has 0 saturated heterocycles. The summed E-state index contributed by atoms with van der Waals surface area (Å²) in [6.45, 7) is -0.166. The fraction of sp³-hybridized carbons (Fsp3) is 0.286. The monoisotopic (exact) mass is 390 g/mol. The van der Waals surface area contributed by atoms with Crippen LogP contribution in [0.2, 0.25) is 0 Å². The average Bonchev–Trinajstić information content (AvgIpc) is 2.87. The summed E-state index contributed by atoms with van der Waals surface area (Å²) in [5.74, 6) is -1.84. The molecular formula is C14H13F3N4O4S. The molecule has 3 N–H and O–H groups in total. The number of rotatable bonds is 2. The number of nitrogens with zero attached hydrogens (tertiary/aromatic N) is 4. The summed E-state index contributed by atoms with van der Waals surface area (Å²) in [6, 6.07) is -0.761. The largest absolute Gasteiger partial charge is 0.506 e. The van der Waals surface area contributed by atoms with E-state index in [9.17, 15) is 33.5 Å². The summed E-state index contributed by atoms with van der Waals surface area (Å²) >= 11 is 0.449. The molecule has 1 unspecified atom stereocenters. The lowest BCUT2D eigenvalue weighted by molar-refractivity contribution is -0.172. The van der Waals surface area contributed by atoms with Crippen LogP contribution in [0.4, 0.5) is 18.9 Å². The maximum Gasteiger partial charge on any atom is 0.418 e. The maximum atomic E-state index is 13.9. The summed E-state index contributed by atoms with van der Waals surface area (Å²) in [4.78, 5) is 16.9. The van der Waals surface area contributed by atoms with Crippen LogP contribution in [0.5, 0.6) is 5.75 Å². The normalized spacial score (nSPS) is 19.8. The Kier molecular flexibility index (Phi) is 4.60. The van der Waals surface area contributed by atoms with E-state index in [1.165, 1.54) is 18.5 Å². The Morgan fingerprint density at radius 3 is 2.69 bits per heavy atom. The third-order valence-electron chi connectivity index (χ3n) is 3.78. The van der Waals surface area contributed by atoms with Gasteiger partial charge >= 0.3 is 6.18 Å². The molecule has 2 aliphatic heterocycles. The molecule has 1 aromatic rings. The zero-order valence-electron chi connectivity index (χ0n) is 13.2. The zero-order valence-corrected chi connectivity index (χ0v) is 14.0. The number of anilines is 1. The number of benzene rings is 1. The average molecular weight is 390 g/mol. The number of aliphatic imine (C=N–C) groups is 1. The van der Waals surface area contributed by atoms with Gasteiger partial charge in [0.25, 0.3) is 5.91 Å². The number of halogens is 3. The Hall–Kier alpha value is -2.28. The van der Waals surface area contributed by atoms with E-state index in [1.807, 2.05) is 0 Å². The van der Waals surface area contributed by atoms with Crippen molar-refractivity contribution in [1.82, 2.24) is 9.53 Å². The molecule has 0 fully saturated rings. The quantitative estimate of drug-likeness (QED) is 0.405. The van der Waals surface area contributed by atoms with Gasteiger partial charge in [-0.05, 0) is 24.1 Å². The van der Waals surface area contributed by atoms with Crippen LogP contribution in [0.25, 0.3) is 0 Å². The van der Waals surface area contributed by atoms with E-state index in [-0.39, 0.29) is 16.6 Å². The van der Waals surface area contributed by atoms with E-state index in [1.54, 1.807) is 0 Å². The van der Waals surface area contributed by atoms with E-state index in [0.717, 1.165) is 18.0 Å². The summed E-state index contributed by atoms with van der Waals surface area (Å²) in [5.41, 5.74) is -2.41. The molecule has 2 aliphatic rings. The van der Waals surface area contributed by atoms with E-state index >= 15 is 0 Å². The third kappa shape index (κ3) is 3.00. The summed E-state index contributed by atoms with van der Waals surface area (Å²) in [7, 11) is 0.940. The van der Waals surface area contributed by atoms with Crippen LogP contribution in [-0.4, -0.2) is 50.9 Å². The van der Waals surface area contributed by atoms with Crippen molar-refractivity contribution in [1.29, 1.82) is 0 Å². The molecule has 140 valence electrons. The van der Waals surface area contributed by atoms with Crippen molar-refractivity contribution in [2.45, 2.75) is 17.1 Å². The van der Waals surface area contributed by atoms with Crippen molar-refractivity contribution < 1.29 is 33.5 Å². The van der Waals surface area contributed by atoms with Gasteiger partial charge in [0.2, 0.25) is 0 Å². The van der Waals surface area contributed by atoms with E-state index in [2.05, 4.69) is 4.99 Å². The van der Waals surface area contributed by atoms with Crippen molar-refractivity contribution in [2.75, 3.05) is 18.6 Å². The highest BCUT2D eigenvalue weighted by atomic mass is 32.2. The van der Waals surface area contributed by atoms with Gasteiger partial charge in [-0.3, -0.25) is 15.0 Å². The van der Waals surface area contributed by atoms with Gasteiger partial charge in [-0.25, -0.2) is 5.06 Å². The first-order valence-electron chi connectivity index (χ1n) is 7.15. The molecule has 1 atom stereocenters. The first-order chi connectivity index (χ1) is 12.1. The van der Waals surface area contributed by atoms with Gasteiger partial charge in [0.1, 0.15) is 12.4 Å². The van der Waals surface area contributed by atoms with Crippen molar-refractivity contribution >= 4 is 29.8 Å². The number of likely N-dealkylation sites (N-methyl/N-ethyl adjacent to an activating group) is 1. The highest BCUT2D eigenvalue weighted by molar-refractivity contribution is 7.97. The number of phenolic OH excluding ortho intramolecular Hbond substituents is 1. The van der Waals surface area contributed by atoms with E-state index in [0.29, 0.717) is 16.4 Å². The standard InChI is InChI=1S/C14H13F3N4O4S/c1-19(24)13(23)12-9-8(26-21(12)25)5-7(22)11(10(9)14(15,16)17)20-4-2-3-18-6-20/h2-5,12,22,24-25H,6H2,1H3. The van der Waals surface area contributed by atoms with Gasteiger partial charge in [0.05, 0.1) is 11.3 Å². The number of alkyl halides is 3. The van der Waals surface area contributed by atoms with Crippen LogP contribution in [0.1, 0.15) is 17.2 Å². The smallest absolute Gasteiger partial charge is 0.418 e. The van der Waals surface area contributed by atoms with Crippen LogP contribution in [-0.2, 0) is 11.0 Å². The minimum Gasteiger partial charge on any atom is -0.506 e. The molecule has 0 bridgehead atoms. The van der Waals surface area contributed by atoms with Crippen LogP contribution < -0.4 is 4.90 Å². The topological polar surface area (TPSA) is 99.8 Å². The molecule has 26 heavy (non-hydrogen) atoms. The van der Waals surface area contributed by atoms with Gasteiger partial charge in [-0.2, -0.15) is 13.2 Å². The Labute approximate surface area is 149 Å². The number of carbonyl (C=O) groups excluding carboxylic acids is 1. The minimum absolute atomic E-state index is 0.0985. The lowest BCUT2D eigenvalue weighted by atomic mass is 9.96. The highest BCUT2D eigenvalue weighted by Crippen LogP contribution is 2.55. The molecule has 2 heterocycles. The molecule has 0 aliphatic carbocycles. The van der Waals surface area contributed by atoms with Gasteiger partial charge in [-0.15, -0.1) is 4.47 Å². The van der Waals surface area contributed by atoms with Crippen molar-refractivity contribution in [3.63, 3.8) is 0 Å². The molecule has 0 spiro atoms. The maximum absolute atomic E-state index is 13.9. The number of hydrogen-bond donors (Lipinski definition) is 3. The molecule has 0 radical (unpaired) electrons. The molecular weight excluding hydrogens is 377 g/mol. The fourth-order valence-electron chi connectivity index (χ4n) is 2.76. The highest BCUT2D eigenvalue weighted by Gasteiger charge is 2.49. The molecule has 8 nitrogen and oxygen atoms in total. The van der Waals surface area contributed by atoms with Crippen LogP contribution >= 0.6 is 11.9 Å². The molecule has 3 rings (SSSR count). The number of fused-ring (bicyclic) bond motifs is 1. The van der Waals surface area contributed by atoms with Crippen molar-refractivity contribution in [2.24, 2.45) is 4.99 Å². The van der Waals surface area contributed by atoms with Crippen molar-refractivity contribution in [3.8, 4) is 5.75 Å². The zero-order chi connectivity index (χ0) is 19.2. The second-order valence-electron chi connectivity index (χ2n) is 5.47. The minimum atomic E-state index is -4.95. The summed E-state index contributed by atoms with van der Waals surface area (Å²) in [5, 5.41) is 29.6. The number of allylic oxidation sites excluding steroid dienone is 1. The Morgan fingerprint density at radius 2 is 2.15 bits per heavy atom. The Bertz CT molecular complexity index is 812. The Morgan fingerprint density at radius 1 is 1.46 bits per heavy atom. The second-order valence-corrected chi connectivity index (χ2v) is 6.47. The van der Waals surface area contributed by atoms with Gasteiger partial charge in [0.15, 0.2) is 6.04 Å². The number of carbonyl (C=O) groups is 1. The van der Waals surface area contributed by atoms with Gasteiger partial charge < -0.3 is 15.2 Å². The lowest BCUT2D eigenvalue weighted by Gasteiger charge is -2.28. The second kappa shape index (κ2) is 6.46. The van der Waals surface area contributed by atoms with Gasteiger partial charge in [0, 0.05) is 29.9 Å². The number of hydroxylamine groups is 3. The number of phenols is 1. The van der Waals surface area contributed by atoms with Crippen molar-refractivity contribution in [3.05, 3.63) is 29.5 Å². The first-order valence-corrected chi connectivity index (χ1v) is 7.93.